The maximum absolute atomic E-state index is 11.7. The molecule has 1 aliphatic carbocycles. The predicted molar refractivity (Wildman–Crippen MR) is 74.5 cm³/mol. The Morgan fingerprint density at radius 1 is 1.60 bits per heavy atom. The van der Waals surface area contributed by atoms with Crippen LogP contribution in [-0.4, -0.2) is 24.0 Å². The van der Waals surface area contributed by atoms with Crippen LogP contribution in [0.4, 0.5) is 0 Å². The molecule has 1 amide bonds. The maximum atomic E-state index is 11.7. The van der Waals surface area contributed by atoms with Gasteiger partial charge in [-0.1, -0.05) is 11.6 Å². The lowest BCUT2D eigenvalue weighted by Gasteiger charge is -2.22. The van der Waals surface area contributed by atoms with E-state index in [1.807, 2.05) is 0 Å². The van der Waals surface area contributed by atoms with Gasteiger partial charge in [0.1, 0.15) is 10.4 Å². The SMILES string of the molecule is C[C@@](C#N)(NC(=O)COC(=O)c1ccc(Cl)s1)C1CC1. The van der Waals surface area contributed by atoms with Crippen molar-refractivity contribution in [2.24, 2.45) is 5.92 Å². The van der Waals surface area contributed by atoms with Crippen molar-refractivity contribution in [3.05, 3.63) is 21.3 Å². The Kier molecular flexibility index (Phi) is 4.31. The molecular formula is C13H13ClN2O3S. The molecule has 1 aromatic rings. The minimum atomic E-state index is -0.879. The molecule has 7 heteroatoms. The number of rotatable bonds is 5. The summed E-state index contributed by atoms with van der Waals surface area (Å²) in [6.45, 7) is 1.28. The Labute approximate surface area is 125 Å². The zero-order chi connectivity index (χ0) is 14.8. The molecule has 20 heavy (non-hydrogen) atoms. The van der Waals surface area contributed by atoms with Gasteiger partial charge in [-0.25, -0.2) is 4.79 Å². The Morgan fingerprint density at radius 2 is 2.30 bits per heavy atom. The van der Waals surface area contributed by atoms with E-state index in [-0.39, 0.29) is 5.92 Å². The van der Waals surface area contributed by atoms with Crippen LogP contribution in [0.1, 0.15) is 29.4 Å². The highest BCUT2D eigenvalue weighted by Crippen LogP contribution is 2.39. The molecule has 1 atom stereocenters. The van der Waals surface area contributed by atoms with Crippen molar-refractivity contribution in [1.82, 2.24) is 5.32 Å². The molecule has 5 nitrogen and oxygen atoms in total. The van der Waals surface area contributed by atoms with Gasteiger partial charge < -0.3 is 10.1 Å². The topological polar surface area (TPSA) is 79.2 Å². The summed E-state index contributed by atoms with van der Waals surface area (Å²) in [6, 6.07) is 5.23. The molecule has 0 spiro atoms. The standard InChI is InChI=1S/C13H13ClN2O3S/c1-13(7-15,8-2-3-8)16-11(17)6-19-12(18)9-4-5-10(14)20-9/h4-5,8H,2-3,6H2,1H3,(H,16,17)/t13-/m0/s1. The number of amides is 1. The van der Waals surface area contributed by atoms with E-state index in [0.29, 0.717) is 9.21 Å². The third-order valence-corrected chi connectivity index (χ3v) is 4.35. The highest BCUT2D eigenvalue weighted by Gasteiger charge is 2.43. The Balaban J connectivity index is 1.83. The van der Waals surface area contributed by atoms with Crippen LogP contribution in [0.3, 0.4) is 0 Å². The molecule has 0 radical (unpaired) electrons. The fourth-order valence-corrected chi connectivity index (χ4v) is 2.77. The summed E-state index contributed by atoms with van der Waals surface area (Å²) < 4.78 is 5.36. The van der Waals surface area contributed by atoms with E-state index in [1.54, 1.807) is 13.0 Å². The van der Waals surface area contributed by atoms with E-state index in [9.17, 15) is 9.59 Å². The van der Waals surface area contributed by atoms with E-state index in [0.717, 1.165) is 24.2 Å². The van der Waals surface area contributed by atoms with Crippen molar-refractivity contribution < 1.29 is 14.3 Å². The zero-order valence-corrected chi connectivity index (χ0v) is 12.4. The molecule has 0 unspecified atom stereocenters. The quantitative estimate of drug-likeness (QED) is 0.846. The smallest absolute Gasteiger partial charge is 0.348 e. The van der Waals surface area contributed by atoms with Gasteiger partial charge in [-0.2, -0.15) is 5.26 Å². The van der Waals surface area contributed by atoms with Crippen molar-refractivity contribution in [3.63, 3.8) is 0 Å². The van der Waals surface area contributed by atoms with E-state index < -0.39 is 24.0 Å². The number of nitrogens with zero attached hydrogens (tertiary/aromatic N) is 1. The first-order valence-electron chi connectivity index (χ1n) is 6.09. The van der Waals surface area contributed by atoms with Crippen LogP contribution in [0.25, 0.3) is 0 Å². The largest absolute Gasteiger partial charge is 0.451 e. The van der Waals surface area contributed by atoms with Crippen LogP contribution in [-0.2, 0) is 9.53 Å². The third kappa shape index (κ3) is 3.50. The number of hydrogen-bond donors (Lipinski definition) is 1. The zero-order valence-electron chi connectivity index (χ0n) is 10.8. The van der Waals surface area contributed by atoms with Gasteiger partial charge in [-0.15, -0.1) is 11.3 Å². The average Bonchev–Trinajstić information content (AvgIpc) is 3.19. The first-order valence-corrected chi connectivity index (χ1v) is 7.29. The number of ether oxygens (including phenoxy) is 1. The number of thiophene rings is 1. The summed E-state index contributed by atoms with van der Waals surface area (Å²) in [4.78, 5) is 23.7. The van der Waals surface area contributed by atoms with Gasteiger partial charge in [0.15, 0.2) is 6.61 Å². The predicted octanol–water partition coefficient (Wildman–Crippen LogP) is 2.37. The highest BCUT2D eigenvalue weighted by atomic mass is 35.5. The number of nitriles is 1. The van der Waals surface area contributed by atoms with E-state index in [1.165, 1.54) is 6.07 Å². The molecule has 1 aliphatic rings. The number of hydrogen-bond acceptors (Lipinski definition) is 5. The molecular weight excluding hydrogens is 300 g/mol. The summed E-state index contributed by atoms with van der Waals surface area (Å²) in [5, 5.41) is 11.7. The second-order valence-corrected chi connectivity index (χ2v) is 6.53. The number of nitrogens with one attached hydrogen (secondary N) is 1. The summed E-state index contributed by atoms with van der Waals surface area (Å²) in [6.07, 6.45) is 1.86. The van der Waals surface area contributed by atoms with Gasteiger partial charge >= 0.3 is 5.97 Å². The summed E-state index contributed by atoms with van der Waals surface area (Å²) in [5.74, 6) is -0.887. The molecule has 0 aliphatic heterocycles. The van der Waals surface area contributed by atoms with Crippen LogP contribution in [0.15, 0.2) is 12.1 Å². The summed E-state index contributed by atoms with van der Waals surface area (Å²) in [5.41, 5.74) is -0.879. The summed E-state index contributed by atoms with van der Waals surface area (Å²) in [7, 11) is 0. The van der Waals surface area contributed by atoms with Crippen LogP contribution in [0.5, 0.6) is 0 Å². The second-order valence-electron chi connectivity index (χ2n) is 4.82. The van der Waals surface area contributed by atoms with Gasteiger partial charge in [-0.05, 0) is 37.8 Å². The highest BCUT2D eigenvalue weighted by molar-refractivity contribution is 7.17. The van der Waals surface area contributed by atoms with Crippen LogP contribution >= 0.6 is 22.9 Å². The lowest BCUT2D eigenvalue weighted by atomic mass is 9.98. The minimum absolute atomic E-state index is 0.184. The van der Waals surface area contributed by atoms with E-state index in [4.69, 9.17) is 21.6 Å². The third-order valence-electron chi connectivity index (χ3n) is 3.13. The van der Waals surface area contributed by atoms with Crippen molar-refractivity contribution >= 4 is 34.8 Å². The molecule has 106 valence electrons. The number of esters is 1. The number of carbonyl (C=O) groups excluding carboxylic acids is 2. The van der Waals surface area contributed by atoms with Gasteiger partial charge in [-0.3, -0.25) is 4.79 Å². The molecule has 0 bridgehead atoms. The van der Waals surface area contributed by atoms with E-state index in [2.05, 4.69) is 11.4 Å². The van der Waals surface area contributed by atoms with E-state index >= 15 is 0 Å². The van der Waals surface area contributed by atoms with Gasteiger partial charge in [0.05, 0.1) is 10.4 Å². The first-order chi connectivity index (χ1) is 9.44. The molecule has 1 saturated carbocycles. The molecule has 1 N–H and O–H groups in total. The van der Waals surface area contributed by atoms with Crippen LogP contribution in [0, 0.1) is 17.2 Å². The molecule has 0 saturated heterocycles. The molecule has 1 fully saturated rings. The average molecular weight is 313 g/mol. The number of carbonyl (C=O) groups is 2. The maximum Gasteiger partial charge on any atom is 0.348 e. The first kappa shape index (κ1) is 14.8. The fraction of sp³-hybridized carbons (Fsp3) is 0.462. The van der Waals surface area contributed by atoms with Crippen molar-refractivity contribution in [2.45, 2.75) is 25.3 Å². The van der Waals surface area contributed by atoms with Crippen molar-refractivity contribution in [3.8, 4) is 6.07 Å². The lowest BCUT2D eigenvalue weighted by Crippen LogP contribution is -2.48. The normalized spacial score (nSPS) is 16.9. The Hall–Kier alpha value is -1.58. The fourth-order valence-electron chi connectivity index (χ4n) is 1.83. The lowest BCUT2D eigenvalue weighted by molar-refractivity contribution is -0.125. The minimum Gasteiger partial charge on any atom is -0.451 e. The van der Waals surface area contributed by atoms with Gasteiger partial charge in [0.2, 0.25) is 0 Å². The van der Waals surface area contributed by atoms with Crippen LogP contribution in [0.2, 0.25) is 4.34 Å². The Morgan fingerprint density at radius 3 is 2.80 bits per heavy atom. The molecule has 0 aromatic carbocycles. The van der Waals surface area contributed by atoms with Crippen molar-refractivity contribution in [1.29, 1.82) is 5.26 Å². The Bertz CT molecular complexity index is 576. The van der Waals surface area contributed by atoms with Crippen LogP contribution < -0.4 is 5.32 Å². The molecule has 1 aromatic heterocycles. The summed E-state index contributed by atoms with van der Waals surface area (Å²) >= 11 is 6.80. The van der Waals surface area contributed by atoms with Crippen molar-refractivity contribution in [2.75, 3.05) is 6.61 Å². The monoisotopic (exact) mass is 312 g/mol. The molecule has 2 rings (SSSR count). The number of halogens is 1. The van der Waals surface area contributed by atoms with Gasteiger partial charge in [0, 0.05) is 0 Å². The van der Waals surface area contributed by atoms with Gasteiger partial charge in [0.25, 0.3) is 5.91 Å². The molecule has 1 heterocycles. The second kappa shape index (κ2) is 5.81.